The molecule has 4 nitrogen and oxygen atoms in total. The van der Waals surface area contributed by atoms with Gasteiger partial charge in [0.05, 0.1) is 18.6 Å². The van der Waals surface area contributed by atoms with E-state index in [4.69, 9.17) is 21.1 Å². The molecule has 1 rings (SSSR count). The van der Waals surface area contributed by atoms with Gasteiger partial charge >= 0.3 is 0 Å². The molecule has 0 saturated heterocycles. The summed E-state index contributed by atoms with van der Waals surface area (Å²) in [6, 6.07) is 1.82. The second-order valence-electron chi connectivity index (χ2n) is 3.43. The summed E-state index contributed by atoms with van der Waals surface area (Å²) >= 11 is 6.07. The number of aryl methyl sites for hydroxylation is 1. The Morgan fingerprint density at radius 2 is 2.19 bits per heavy atom. The SMILES string of the molecule is CCOc1cc(CC(Cl)COC)nc(C)n1. The average Bonchev–Trinajstić information content (AvgIpc) is 2.17. The Hall–Kier alpha value is -0.870. The third-order valence-electron chi connectivity index (χ3n) is 1.94. The van der Waals surface area contributed by atoms with E-state index in [0.29, 0.717) is 31.3 Å². The number of methoxy groups -OCH3 is 1. The molecule has 0 bridgehead atoms. The molecule has 0 amide bonds. The predicted octanol–water partition coefficient (Wildman–Crippen LogP) is 1.98. The van der Waals surface area contributed by atoms with Crippen molar-refractivity contribution in [3.63, 3.8) is 0 Å². The van der Waals surface area contributed by atoms with Gasteiger partial charge in [-0.15, -0.1) is 11.6 Å². The van der Waals surface area contributed by atoms with Crippen LogP contribution in [0.5, 0.6) is 5.88 Å². The van der Waals surface area contributed by atoms with Gasteiger partial charge < -0.3 is 9.47 Å². The highest BCUT2D eigenvalue weighted by Gasteiger charge is 2.09. The molecule has 1 aromatic rings. The molecular weight excluding hydrogens is 228 g/mol. The Kier molecular flexibility index (Phi) is 5.49. The van der Waals surface area contributed by atoms with E-state index >= 15 is 0 Å². The first-order chi connectivity index (χ1) is 7.65. The smallest absolute Gasteiger partial charge is 0.216 e. The quantitative estimate of drug-likeness (QED) is 0.718. The molecule has 1 heterocycles. The van der Waals surface area contributed by atoms with Gasteiger partial charge in [-0.25, -0.2) is 4.98 Å². The molecule has 1 atom stereocenters. The second-order valence-corrected chi connectivity index (χ2v) is 4.05. The maximum absolute atomic E-state index is 6.07. The van der Waals surface area contributed by atoms with Crippen molar-refractivity contribution >= 4 is 11.6 Å². The van der Waals surface area contributed by atoms with E-state index in [-0.39, 0.29) is 5.38 Å². The minimum Gasteiger partial charge on any atom is -0.478 e. The second kappa shape index (κ2) is 6.66. The largest absolute Gasteiger partial charge is 0.478 e. The molecule has 0 aliphatic carbocycles. The van der Waals surface area contributed by atoms with Crippen LogP contribution in [0, 0.1) is 6.92 Å². The normalized spacial score (nSPS) is 12.5. The van der Waals surface area contributed by atoms with Crippen molar-refractivity contribution in [3.05, 3.63) is 17.6 Å². The number of hydrogen-bond acceptors (Lipinski definition) is 4. The first-order valence-corrected chi connectivity index (χ1v) is 5.69. The number of nitrogens with zero attached hydrogens (tertiary/aromatic N) is 2. The van der Waals surface area contributed by atoms with Crippen molar-refractivity contribution in [2.24, 2.45) is 0 Å². The summed E-state index contributed by atoms with van der Waals surface area (Å²) in [5, 5.41) is -0.0752. The van der Waals surface area contributed by atoms with Crippen LogP contribution in [0.2, 0.25) is 0 Å². The number of alkyl halides is 1. The van der Waals surface area contributed by atoms with E-state index in [1.165, 1.54) is 0 Å². The minimum atomic E-state index is -0.0752. The summed E-state index contributed by atoms with van der Waals surface area (Å²) in [6.45, 7) is 4.87. The fourth-order valence-corrected chi connectivity index (χ4v) is 1.68. The van der Waals surface area contributed by atoms with E-state index in [2.05, 4.69) is 9.97 Å². The van der Waals surface area contributed by atoms with Gasteiger partial charge in [-0.1, -0.05) is 0 Å². The number of hydrogen-bond donors (Lipinski definition) is 0. The summed E-state index contributed by atoms with van der Waals surface area (Å²) in [5.41, 5.74) is 0.882. The number of aromatic nitrogens is 2. The van der Waals surface area contributed by atoms with Gasteiger partial charge in [-0.2, -0.15) is 4.98 Å². The molecule has 16 heavy (non-hydrogen) atoms. The number of halogens is 1. The highest BCUT2D eigenvalue weighted by atomic mass is 35.5. The first kappa shape index (κ1) is 13.2. The molecule has 0 fully saturated rings. The van der Waals surface area contributed by atoms with Gasteiger partial charge in [-0.05, 0) is 13.8 Å². The van der Waals surface area contributed by atoms with Crippen LogP contribution in [0.1, 0.15) is 18.4 Å². The van der Waals surface area contributed by atoms with Crippen LogP contribution in [-0.4, -0.2) is 35.7 Å². The zero-order valence-electron chi connectivity index (χ0n) is 9.86. The van der Waals surface area contributed by atoms with Crippen LogP contribution in [-0.2, 0) is 11.2 Å². The van der Waals surface area contributed by atoms with Gasteiger partial charge in [0.1, 0.15) is 5.82 Å². The third kappa shape index (κ3) is 4.33. The van der Waals surface area contributed by atoms with Crippen LogP contribution in [0.3, 0.4) is 0 Å². The lowest BCUT2D eigenvalue weighted by atomic mass is 10.2. The summed E-state index contributed by atoms with van der Waals surface area (Å²) < 4.78 is 10.3. The molecule has 0 N–H and O–H groups in total. The Morgan fingerprint density at radius 3 is 2.81 bits per heavy atom. The molecule has 0 spiro atoms. The van der Waals surface area contributed by atoms with E-state index in [1.54, 1.807) is 7.11 Å². The van der Waals surface area contributed by atoms with Gasteiger partial charge in [0, 0.05) is 25.3 Å². The molecule has 1 aromatic heterocycles. The standard InChI is InChI=1S/C11H17ClN2O2/c1-4-16-11-6-10(13-8(2)14-11)5-9(12)7-15-3/h6,9H,4-5,7H2,1-3H3. The lowest BCUT2D eigenvalue weighted by Gasteiger charge is -2.09. The fraction of sp³-hybridized carbons (Fsp3) is 0.636. The molecule has 0 aromatic carbocycles. The lowest BCUT2D eigenvalue weighted by molar-refractivity contribution is 0.197. The van der Waals surface area contributed by atoms with Crippen molar-refractivity contribution < 1.29 is 9.47 Å². The monoisotopic (exact) mass is 244 g/mol. The van der Waals surface area contributed by atoms with E-state index in [0.717, 1.165) is 5.69 Å². The first-order valence-electron chi connectivity index (χ1n) is 5.26. The average molecular weight is 245 g/mol. The predicted molar refractivity (Wildman–Crippen MR) is 63.2 cm³/mol. The molecule has 0 aliphatic heterocycles. The van der Waals surface area contributed by atoms with Crippen molar-refractivity contribution in [3.8, 4) is 5.88 Å². The molecular formula is C11H17ClN2O2. The molecule has 0 radical (unpaired) electrons. The topological polar surface area (TPSA) is 44.2 Å². The highest BCUT2D eigenvalue weighted by Crippen LogP contribution is 2.13. The van der Waals surface area contributed by atoms with Crippen molar-refractivity contribution in [2.45, 2.75) is 25.6 Å². The Morgan fingerprint density at radius 1 is 1.44 bits per heavy atom. The van der Waals surface area contributed by atoms with Crippen molar-refractivity contribution in [1.29, 1.82) is 0 Å². The number of rotatable bonds is 6. The highest BCUT2D eigenvalue weighted by molar-refractivity contribution is 6.20. The van der Waals surface area contributed by atoms with E-state index < -0.39 is 0 Å². The van der Waals surface area contributed by atoms with Gasteiger partial charge in [0.25, 0.3) is 0 Å². The molecule has 90 valence electrons. The van der Waals surface area contributed by atoms with Crippen molar-refractivity contribution in [1.82, 2.24) is 9.97 Å². The van der Waals surface area contributed by atoms with E-state index in [1.807, 2.05) is 19.9 Å². The summed E-state index contributed by atoms with van der Waals surface area (Å²) in [7, 11) is 1.63. The molecule has 0 saturated carbocycles. The fourth-order valence-electron chi connectivity index (χ4n) is 1.39. The minimum absolute atomic E-state index is 0.0752. The summed E-state index contributed by atoms with van der Waals surface area (Å²) in [6.07, 6.45) is 0.652. The maximum Gasteiger partial charge on any atom is 0.216 e. The summed E-state index contributed by atoms with van der Waals surface area (Å²) in [5.74, 6) is 1.30. The Bertz CT molecular complexity index is 334. The Labute approximate surface area is 101 Å². The van der Waals surface area contributed by atoms with Gasteiger partial charge in [-0.3, -0.25) is 0 Å². The summed E-state index contributed by atoms with van der Waals surface area (Å²) in [4.78, 5) is 8.48. The zero-order chi connectivity index (χ0) is 12.0. The third-order valence-corrected chi connectivity index (χ3v) is 2.22. The Balaban J connectivity index is 2.71. The molecule has 5 heteroatoms. The lowest BCUT2D eigenvalue weighted by Crippen LogP contribution is -2.12. The van der Waals surface area contributed by atoms with Gasteiger partial charge in [0.2, 0.25) is 5.88 Å². The van der Waals surface area contributed by atoms with Crippen LogP contribution < -0.4 is 4.74 Å². The van der Waals surface area contributed by atoms with Crippen LogP contribution >= 0.6 is 11.6 Å². The zero-order valence-corrected chi connectivity index (χ0v) is 10.6. The van der Waals surface area contributed by atoms with Crippen LogP contribution in [0.4, 0.5) is 0 Å². The van der Waals surface area contributed by atoms with Crippen LogP contribution in [0.25, 0.3) is 0 Å². The van der Waals surface area contributed by atoms with Crippen molar-refractivity contribution in [2.75, 3.05) is 20.3 Å². The van der Waals surface area contributed by atoms with Crippen LogP contribution in [0.15, 0.2) is 6.07 Å². The van der Waals surface area contributed by atoms with Gasteiger partial charge in [0.15, 0.2) is 0 Å². The maximum atomic E-state index is 6.07. The van der Waals surface area contributed by atoms with E-state index in [9.17, 15) is 0 Å². The number of ether oxygens (including phenoxy) is 2. The molecule has 0 aliphatic rings. The molecule has 1 unspecified atom stereocenters.